The number of benzene rings is 1. The van der Waals surface area contributed by atoms with E-state index in [2.05, 4.69) is 29.4 Å². The molecule has 1 aromatic carbocycles. The molecule has 8 heteroatoms. The monoisotopic (exact) mass is 375 g/mol. The van der Waals surface area contributed by atoms with E-state index in [1.807, 2.05) is 41.8 Å². The summed E-state index contributed by atoms with van der Waals surface area (Å²) in [4.78, 5) is 23.5. The third kappa shape index (κ3) is 5.87. The molecule has 2 aromatic rings. The molecule has 2 amide bonds. The van der Waals surface area contributed by atoms with Gasteiger partial charge in [0.25, 0.3) is 0 Å². The van der Waals surface area contributed by atoms with Crippen LogP contribution in [0.4, 0.5) is 5.69 Å². The molecule has 26 heavy (non-hydrogen) atoms. The number of aryl methyl sites for hydroxylation is 1. The van der Waals surface area contributed by atoms with E-state index in [0.29, 0.717) is 17.5 Å². The molecule has 2 rings (SSSR count). The van der Waals surface area contributed by atoms with Crippen molar-refractivity contribution in [3.8, 4) is 0 Å². The van der Waals surface area contributed by atoms with E-state index >= 15 is 0 Å². The number of aromatic nitrogens is 3. The van der Waals surface area contributed by atoms with Crippen molar-refractivity contribution in [3.05, 3.63) is 36.2 Å². The van der Waals surface area contributed by atoms with Gasteiger partial charge in [0.2, 0.25) is 11.8 Å². The standard InChI is InChI=1S/C18H25N5O2S/c1-12(2)11-23-16(10-9-15(19)24)21-22-18(23)26-13(3)17(25)20-14-7-5-4-6-8-14/h4-8,12-13H,9-11H2,1-3H3,(H2,19,24)(H,20,25)/t13-/m1/s1. The number of para-hydroxylation sites is 1. The summed E-state index contributed by atoms with van der Waals surface area (Å²) in [5.74, 6) is 0.634. The number of carbonyl (C=O) groups is 2. The highest BCUT2D eigenvalue weighted by atomic mass is 32.2. The molecule has 3 N–H and O–H groups in total. The number of nitrogens with two attached hydrogens (primary N) is 1. The Morgan fingerprint density at radius 1 is 1.19 bits per heavy atom. The van der Waals surface area contributed by atoms with Crippen molar-refractivity contribution in [2.24, 2.45) is 11.7 Å². The van der Waals surface area contributed by atoms with Gasteiger partial charge in [-0.2, -0.15) is 0 Å². The average Bonchev–Trinajstić information content (AvgIpc) is 2.95. The summed E-state index contributed by atoms with van der Waals surface area (Å²) in [6, 6.07) is 9.34. The van der Waals surface area contributed by atoms with Gasteiger partial charge in [-0.15, -0.1) is 10.2 Å². The Labute approximate surface area is 157 Å². The second-order valence-corrected chi connectivity index (χ2v) is 7.79. The van der Waals surface area contributed by atoms with Gasteiger partial charge in [-0.25, -0.2) is 0 Å². The Morgan fingerprint density at radius 2 is 1.88 bits per heavy atom. The molecular formula is C18H25N5O2S. The highest BCUT2D eigenvalue weighted by molar-refractivity contribution is 8.00. The van der Waals surface area contributed by atoms with Crippen molar-refractivity contribution in [3.63, 3.8) is 0 Å². The summed E-state index contributed by atoms with van der Waals surface area (Å²) in [6.45, 7) is 6.74. The number of rotatable bonds is 9. The van der Waals surface area contributed by atoms with E-state index in [4.69, 9.17) is 5.73 Å². The van der Waals surface area contributed by atoms with Crippen LogP contribution in [0.3, 0.4) is 0 Å². The molecule has 0 bridgehead atoms. The van der Waals surface area contributed by atoms with Crippen molar-refractivity contribution >= 4 is 29.3 Å². The highest BCUT2D eigenvalue weighted by Crippen LogP contribution is 2.25. The lowest BCUT2D eigenvalue weighted by Gasteiger charge is -2.15. The van der Waals surface area contributed by atoms with Gasteiger partial charge in [-0.05, 0) is 25.0 Å². The third-order valence-corrected chi connectivity index (χ3v) is 4.71. The highest BCUT2D eigenvalue weighted by Gasteiger charge is 2.21. The fourth-order valence-corrected chi connectivity index (χ4v) is 3.23. The van der Waals surface area contributed by atoms with Crippen LogP contribution in [-0.2, 0) is 22.6 Å². The minimum Gasteiger partial charge on any atom is -0.370 e. The normalized spacial score (nSPS) is 12.2. The van der Waals surface area contributed by atoms with Crippen molar-refractivity contribution < 1.29 is 9.59 Å². The summed E-state index contributed by atoms with van der Waals surface area (Å²) < 4.78 is 1.98. The van der Waals surface area contributed by atoms with Crippen molar-refractivity contribution in [1.29, 1.82) is 0 Å². The number of nitrogens with one attached hydrogen (secondary N) is 1. The van der Waals surface area contributed by atoms with Crippen LogP contribution >= 0.6 is 11.8 Å². The summed E-state index contributed by atoms with van der Waals surface area (Å²) in [6.07, 6.45) is 0.672. The minimum atomic E-state index is -0.367. The van der Waals surface area contributed by atoms with Crippen LogP contribution in [0.2, 0.25) is 0 Å². The number of hydrogen-bond donors (Lipinski definition) is 2. The number of carbonyl (C=O) groups excluding carboxylic acids is 2. The molecular weight excluding hydrogens is 350 g/mol. The van der Waals surface area contributed by atoms with Crippen molar-refractivity contribution in [2.45, 2.75) is 50.6 Å². The van der Waals surface area contributed by atoms with Gasteiger partial charge in [-0.1, -0.05) is 43.8 Å². The van der Waals surface area contributed by atoms with Crippen LogP contribution in [0.5, 0.6) is 0 Å². The molecule has 7 nitrogen and oxygen atoms in total. The van der Waals surface area contributed by atoms with Gasteiger partial charge in [0.1, 0.15) is 5.82 Å². The molecule has 1 atom stereocenters. The zero-order valence-corrected chi connectivity index (χ0v) is 16.1. The molecule has 0 radical (unpaired) electrons. The topological polar surface area (TPSA) is 103 Å². The van der Waals surface area contributed by atoms with E-state index < -0.39 is 0 Å². The van der Waals surface area contributed by atoms with E-state index in [0.717, 1.165) is 18.1 Å². The van der Waals surface area contributed by atoms with Crippen LogP contribution < -0.4 is 11.1 Å². The first kappa shape index (κ1) is 20.0. The predicted molar refractivity (Wildman–Crippen MR) is 103 cm³/mol. The van der Waals surface area contributed by atoms with Gasteiger partial charge in [0.15, 0.2) is 5.16 Å². The average molecular weight is 375 g/mol. The zero-order valence-electron chi connectivity index (χ0n) is 15.3. The smallest absolute Gasteiger partial charge is 0.237 e. The summed E-state index contributed by atoms with van der Waals surface area (Å²) in [7, 11) is 0. The number of hydrogen-bond acceptors (Lipinski definition) is 5. The molecule has 1 aromatic heterocycles. The molecule has 0 aliphatic heterocycles. The molecule has 140 valence electrons. The van der Waals surface area contributed by atoms with Crippen LogP contribution in [0.25, 0.3) is 0 Å². The fraction of sp³-hybridized carbons (Fsp3) is 0.444. The van der Waals surface area contributed by atoms with Gasteiger partial charge in [0.05, 0.1) is 5.25 Å². The fourth-order valence-electron chi connectivity index (χ4n) is 2.35. The molecule has 0 fully saturated rings. The lowest BCUT2D eigenvalue weighted by atomic mass is 10.2. The SMILES string of the molecule is CC(C)Cn1c(CCC(N)=O)nnc1S[C@H](C)C(=O)Nc1ccccc1. The lowest BCUT2D eigenvalue weighted by molar-refractivity contribution is -0.118. The second-order valence-electron chi connectivity index (χ2n) is 6.48. The van der Waals surface area contributed by atoms with Crippen LogP contribution in [-0.4, -0.2) is 31.8 Å². The maximum absolute atomic E-state index is 12.4. The number of amides is 2. The lowest BCUT2D eigenvalue weighted by Crippen LogP contribution is -2.23. The van der Waals surface area contributed by atoms with Gasteiger partial charge >= 0.3 is 0 Å². The predicted octanol–water partition coefficient (Wildman–Crippen LogP) is 2.47. The van der Waals surface area contributed by atoms with E-state index in [-0.39, 0.29) is 23.5 Å². The van der Waals surface area contributed by atoms with Gasteiger partial charge in [-0.3, -0.25) is 9.59 Å². The Kier molecular flexibility index (Phi) is 7.20. The van der Waals surface area contributed by atoms with E-state index in [1.54, 1.807) is 0 Å². The van der Waals surface area contributed by atoms with Gasteiger partial charge < -0.3 is 15.6 Å². The summed E-state index contributed by atoms with van der Waals surface area (Å²) >= 11 is 1.36. The Balaban J connectivity index is 2.08. The van der Waals surface area contributed by atoms with Crippen molar-refractivity contribution in [1.82, 2.24) is 14.8 Å². The molecule has 0 aliphatic carbocycles. The Bertz CT molecular complexity index is 745. The largest absolute Gasteiger partial charge is 0.370 e. The maximum atomic E-state index is 12.4. The summed E-state index contributed by atoms with van der Waals surface area (Å²) in [5.41, 5.74) is 6.00. The molecule has 0 saturated heterocycles. The number of nitrogens with zero attached hydrogens (tertiary/aromatic N) is 3. The number of anilines is 1. The number of primary amides is 1. The summed E-state index contributed by atoms with van der Waals surface area (Å²) in [5, 5.41) is 11.6. The van der Waals surface area contributed by atoms with Crippen LogP contribution in [0, 0.1) is 5.92 Å². The first-order valence-electron chi connectivity index (χ1n) is 8.59. The van der Waals surface area contributed by atoms with Crippen LogP contribution in [0.15, 0.2) is 35.5 Å². The second kappa shape index (κ2) is 9.38. The van der Waals surface area contributed by atoms with Crippen molar-refractivity contribution in [2.75, 3.05) is 5.32 Å². The molecule has 0 saturated carbocycles. The Hall–Kier alpha value is -2.35. The first-order valence-corrected chi connectivity index (χ1v) is 9.47. The zero-order chi connectivity index (χ0) is 19.1. The maximum Gasteiger partial charge on any atom is 0.237 e. The van der Waals surface area contributed by atoms with E-state index in [9.17, 15) is 9.59 Å². The minimum absolute atomic E-state index is 0.0982. The Morgan fingerprint density at radius 3 is 2.50 bits per heavy atom. The molecule has 0 spiro atoms. The van der Waals surface area contributed by atoms with Gasteiger partial charge in [0, 0.05) is 25.1 Å². The molecule has 1 heterocycles. The molecule has 0 aliphatic rings. The van der Waals surface area contributed by atoms with Crippen LogP contribution in [0.1, 0.15) is 33.0 Å². The van der Waals surface area contributed by atoms with E-state index in [1.165, 1.54) is 11.8 Å². The number of thioether (sulfide) groups is 1. The third-order valence-electron chi connectivity index (χ3n) is 3.63. The first-order chi connectivity index (χ1) is 12.4. The quantitative estimate of drug-likeness (QED) is 0.655. The molecule has 0 unspecified atom stereocenters.